The molecule has 1 atom stereocenters. The summed E-state index contributed by atoms with van der Waals surface area (Å²) in [6.45, 7) is 2.14. The molecule has 1 aromatic carbocycles. The smallest absolute Gasteiger partial charge is 0.209 e. The highest BCUT2D eigenvalue weighted by atomic mass is 32.2. The van der Waals surface area contributed by atoms with E-state index in [-0.39, 0.29) is 5.25 Å². The predicted octanol–water partition coefficient (Wildman–Crippen LogP) is 3.64. The van der Waals surface area contributed by atoms with Crippen molar-refractivity contribution in [3.05, 3.63) is 29.8 Å². The second-order valence-corrected chi connectivity index (χ2v) is 6.51. The summed E-state index contributed by atoms with van der Waals surface area (Å²) < 4.78 is 0. The Morgan fingerprint density at radius 1 is 1.29 bits per heavy atom. The topological polar surface area (TPSA) is 58.6 Å². The van der Waals surface area contributed by atoms with Gasteiger partial charge in [0.25, 0.3) is 0 Å². The van der Waals surface area contributed by atoms with E-state index in [1.54, 1.807) is 0 Å². The maximum atomic E-state index is 11.9. The van der Waals surface area contributed by atoms with Crippen LogP contribution in [0.4, 0.5) is 0 Å². The fraction of sp³-hybridized carbons (Fsp3) is 0.438. The van der Waals surface area contributed by atoms with E-state index in [4.69, 9.17) is 0 Å². The van der Waals surface area contributed by atoms with Gasteiger partial charge in [-0.25, -0.2) is 4.98 Å². The van der Waals surface area contributed by atoms with Crippen LogP contribution in [0.15, 0.2) is 29.4 Å². The molecule has 1 saturated carbocycles. The summed E-state index contributed by atoms with van der Waals surface area (Å²) in [7, 11) is 0. The lowest BCUT2D eigenvalue weighted by Gasteiger charge is -2.17. The van der Waals surface area contributed by atoms with Crippen molar-refractivity contribution in [2.45, 2.75) is 49.4 Å². The molecule has 1 heterocycles. The molecule has 0 amide bonds. The summed E-state index contributed by atoms with van der Waals surface area (Å²) >= 11 is 1.49. The summed E-state index contributed by atoms with van der Waals surface area (Å²) in [4.78, 5) is 16.4. The van der Waals surface area contributed by atoms with Crippen molar-refractivity contribution < 1.29 is 4.79 Å². The molecule has 110 valence electrons. The number of rotatable bonds is 4. The number of aromatic nitrogens is 3. The van der Waals surface area contributed by atoms with Gasteiger partial charge in [0.15, 0.2) is 5.82 Å². The standard InChI is InChI=1S/C16H19N3OS/c1-2-11-7-9-12(10-8-11)15-17-16(19-18-15)21-14-6-4-3-5-13(14)20/h7-10,14H,2-6H2,1H3,(H,17,18,19)/t14-/m0/s1. The zero-order valence-electron chi connectivity index (χ0n) is 12.1. The minimum Gasteiger partial charge on any atom is -0.298 e. The lowest BCUT2D eigenvalue weighted by molar-refractivity contribution is -0.119. The number of aryl methyl sites for hydroxylation is 1. The first-order valence-electron chi connectivity index (χ1n) is 7.47. The number of Topliss-reactive ketones (excluding diaryl/α,β-unsaturated/α-hetero) is 1. The van der Waals surface area contributed by atoms with E-state index in [1.165, 1.54) is 17.3 Å². The lowest BCUT2D eigenvalue weighted by atomic mass is 9.99. The molecule has 0 unspecified atom stereocenters. The Labute approximate surface area is 128 Å². The molecule has 5 heteroatoms. The Hall–Kier alpha value is -1.62. The monoisotopic (exact) mass is 301 g/mol. The molecular weight excluding hydrogens is 282 g/mol. The molecule has 21 heavy (non-hydrogen) atoms. The van der Waals surface area contributed by atoms with E-state index in [9.17, 15) is 4.79 Å². The van der Waals surface area contributed by atoms with Crippen LogP contribution in [0, 0.1) is 0 Å². The molecule has 0 radical (unpaired) electrons. The maximum Gasteiger partial charge on any atom is 0.209 e. The minimum absolute atomic E-state index is 0.0323. The molecule has 0 bridgehead atoms. The molecule has 2 aromatic rings. The average molecular weight is 301 g/mol. The highest BCUT2D eigenvalue weighted by Crippen LogP contribution is 2.30. The van der Waals surface area contributed by atoms with Gasteiger partial charge in [-0.2, -0.15) is 0 Å². The third kappa shape index (κ3) is 3.35. The number of hydrogen-bond donors (Lipinski definition) is 1. The van der Waals surface area contributed by atoms with Crippen molar-refractivity contribution in [2.24, 2.45) is 0 Å². The Balaban J connectivity index is 1.71. The van der Waals surface area contributed by atoms with Gasteiger partial charge in [-0.15, -0.1) is 5.10 Å². The van der Waals surface area contributed by atoms with Gasteiger partial charge in [0.2, 0.25) is 5.16 Å². The van der Waals surface area contributed by atoms with Crippen molar-refractivity contribution in [1.29, 1.82) is 0 Å². The fourth-order valence-corrected chi connectivity index (χ4v) is 3.56. The van der Waals surface area contributed by atoms with Crippen molar-refractivity contribution in [3.63, 3.8) is 0 Å². The van der Waals surface area contributed by atoms with E-state index in [1.807, 2.05) is 0 Å². The van der Waals surface area contributed by atoms with E-state index in [2.05, 4.69) is 46.4 Å². The van der Waals surface area contributed by atoms with Gasteiger partial charge in [-0.05, 0) is 24.8 Å². The molecule has 0 aliphatic heterocycles. The molecule has 1 aliphatic rings. The average Bonchev–Trinajstić information content (AvgIpc) is 2.98. The second kappa shape index (κ2) is 6.43. The molecule has 1 aromatic heterocycles. The van der Waals surface area contributed by atoms with Crippen LogP contribution in [-0.2, 0) is 11.2 Å². The minimum atomic E-state index is 0.0323. The summed E-state index contributed by atoms with van der Waals surface area (Å²) in [6.07, 6.45) is 4.83. The van der Waals surface area contributed by atoms with Gasteiger partial charge < -0.3 is 0 Å². The van der Waals surface area contributed by atoms with Gasteiger partial charge in [0.1, 0.15) is 5.78 Å². The third-order valence-corrected chi connectivity index (χ3v) is 5.02. The van der Waals surface area contributed by atoms with Gasteiger partial charge in [0, 0.05) is 12.0 Å². The number of ketones is 1. The number of carbonyl (C=O) groups excluding carboxylic acids is 1. The van der Waals surface area contributed by atoms with Crippen LogP contribution < -0.4 is 0 Å². The van der Waals surface area contributed by atoms with Crippen LogP contribution in [0.5, 0.6) is 0 Å². The van der Waals surface area contributed by atoms with Crippen LogP contribution in [-0.4, -0.2) is 26.2 Å². The highest BCUT2D eigenvalue weighted by Gasteiger charge is 2.24. The summed E-state index contributed by atoms with van der Waals surface area (Å²) in [5, 5.41) is 7.91. The highest BCUT2D eigenvalue weighted by molar-refractivity contribution is 8.00. The number of carbonyl (C=O) groups is 1. The molecule has 1 fully saturated rings. The summed E-state index contributed by atoms with van der Waals surface area (Å²) in [5.41, 5.74) is 2.34. The van der Waals surface area contributed by atoms with Crippen LogP contribution in [0.1, 0.15) is 38.2 Å². The van der Waals surface area contributed by atoms with E-state index >= 15 is 0 Å². The van der Waals surface area contributed by atoms with E-state index in [0.29, 0.717) is 17.4 Å². The first kappa shape index (κ1) is 14.3. The van der Waals surface area contributed by atoms with Gasteiger partial charge in [0.05, 0.1) is 5.25 Å². The zero-order chi connectivity index (χ0) is 14.7. The quantitative estimate of drug-likeness (QED) is 0.936. The first-order chi connectivity index (χ1) is 10.3. The van der Waals surface area contributed by atoms with Crippen LogP contribution in [0.3, 0.4) is 0 Å². The largest absolute Gasteiger partial charge is 0.298 e. The van der Waals surface area contributed by atoms with Crippen molar-refractivity contribution in [3.8, 4) is 11.4 Å². The lowest BCUT2D eigenvalue weighted by Crippen LogP contribution is -2.21. The van der Waals surface area contributed by atoms with Crippen molar-refractivity contribution in [2.75, 3.05) is 0 Å². The Morgan fingerprint density at radius 3 is 2.81 bits per heavy atom. The number of H-pyrrole nitrogens is 1. The normalized spacial score (nSPS) is 18.9. The maximum absolute atomic E-state index is 11.9. The number of nitrogens with zero attached hydrogens (tertiary/aromatic N) is 2. The SMILES string of the molecule is CCc1ccc(-c2nc(S[C@H]3CCCCC3=O)n[nH]2)cc1. The molecule has 0 saturated heterocycles. The van der Waals surface area contributed by atoms with Crippen LogP contribution >= 0.6 is 11.8 Å². The molecule has 4 nitrogen and oxygen atoms in total. The number of hydrogen-bond acceptors (Lipinski definition) is 4. The second-order valence-electron chi connectivity index (χ2n) is 5.34. The first-order valence-corrected chi connectivity index (χ1v) is 8.35. The van der Waals surface area contributed by atoms with Crippen LogP contribution in [0.2, 0.25) is 0 Å². The zero-order valence-corrected chi connectivity index (χ0v) is 12.9. The summed E-state index contributed by atoms with van der Waals surface area (Å²) in [5.74, 6) is 1.10. The van der Waals surface area contributed by atoms with E-state index in [0.717, 1.165) is 37.1 Å². The molecular formula is C16H19N3OS. The number of aromatic amines is 1. The van der Waals surface area contributed by atoms with Crippen molar-refractivity contribution in [1.82, 2.24) is 15.2 Å². The number of nitrogens with one attached hydrogen (secondary N) is 1. The molecule has 3 rings (SSSR count). The Bertz CT molecular complexity index is 621. The van der Waals surface area contributed by atoms with Gasteiger partial charge in [-0.1, -0.05) is 49.4 Å². The third-order valence-electron chi connectivity index (χ3n) is 3.85. The Morgan fingerprint density at radius 2 is 2.10 bits per heavy atom. The number of benzene rings is 1. The predicted molar refractivity (Wildman–Crippen MR) is 84.3 cm³/mol. The molecule has 1 aliphatic carbocycles. The van der Waals surface area contributed by atoms with E-state index < -0.39 is 0 Å². The van der Waals surface area contributed by atoms with Crippen molar-refractivity contribution >= 4 is 17.5 Å². The fourth-order valence-electron chi connectivity index (χ4n) is 2.53. The van der Waals surface area contributed by atoms with Crippen LogP contribution in [0.25, 0.3) is 11.4 Å². The van der Waals surface area contributed by atoms with Gasteiger partial charge in [-0.3, -0.25) is 9.89 Å². The molecule has 1 N–H and O–H groups in total. The van der Waals surface area contributed by atoms with Gasteiger partial charge >= 0.3 is 0 Å². The number of thioether (sulfide) groups is 1. The summed E-state index contributed by atoms with van der Waals surface area (Å²) in [6, 6.07) is 8.32. The Kier molecular flexibility index (Phi) is 4.39. The molecule has 0 spiro atoms.